The molecule has 5 rings (SSSR count). The lowest BCUT2D eigenvalue weighted by Crippen LogP contribution is -2.33. The number of aromatic nitrogens is 5. The van der Waals surface area contributed by atoms with Crippen molar-refractivity contribution in [2.24, 2.45) is 0 Å². The number of carboxylic acid groups (broad SMARTS) is 1. The van der Waals surface area contributed by atoms with Gasteiger partial charge in [0.25, 0.3) is 12.4 Å². The van der Waals surface area contributed by atoms with Gasteiger partial charge < -0.3 is 19.6 Å². The number of aromatic amines is 1. The number of hydrogen-bond donors (Lipinski definition) is 3. The molecule has 1 aliphatic carbocycles. The van der Waals surface area contributed by atoms with Crippen molar-refractivity contribution < 1.29 is 28.2 Å². The van der Waals surface area contributed by atoms with E-state index >= 15 is 0 Å². The molecule has 0 aliphatic heterocycles. The Morgan fingerprint density at radius 2 is 2.20 bits per heavy atom. The first-order valence-corrected chi connectivity index (χ1v) is 10.8. The number of hydrogen-bond acceptors (Lipinski definition) is 7. The maximum Gasteiger partial charge on any atom is 0.291 e. The Morgan fingerprint density at radius 1 is 1.40 bits per heavy atom. The van der Waals surface area contributed by atoms with Crippen molar-refractivity contribution in [2.45, 2.75) is 31.9 Å². The fraction of sp³-hybridized carbons (Fsp3) is 0.261. The first-order chi connectivity index (χ1) is 17.0. The average Bonchev–Trinajstić information content (AvgIpc) is 3.57. The van der Waals surface area contributed by atoms with Gasteiger partial charge in [0, 0.05) is 31.3 Å². The van der Waals surface area contributed by atoms with Crippen molar-refractivity contribution in [3.05, 3.63) is 60.6 Å². The van der Waals surface area contributed by atoms with E-state index in [4.69, 9.17) is 19.1 Å². The normalized spacial score (nSPS) is 16.6. The lowest BCUT2D eigenvalue weighted by Gasteiger charge is -2.34. The minimum Gasteiger partial charge on any atom is -0.483 e. The van der Waals surface area contributed by atoms with Gasteiger partial charge in [-0.05, 0) is 38.0 Å². The van der Waals surface area contributed by atoms with Crippen molar-refractivity contribution in [1.29, 1.82) is 0 Å². The zero-order valence-corrected chi connectivity index (χ0v) is 18.7. The molecule has 12 heteroatoms. The number of nitrogens with zero attached hydrogens (tertiary/aromatic N) is 4. The molecule has 0 atom stereocenters. The second kappa shape index (κ2) is 10.7. The lowest BCUT2D eigenvalue weighted by molar-refractivity contribution is -0.122. The monoisotopic (exact) mass is 482 g/mol. The van der Waals surface area contributed by atoms with Crippen LogP contribution in [-0.2, 0) is 9.53 Å². The van der Waals surface area contributed by atoms with Gasteiger partial charge in [0.2, 0.25) is 0 Å². The Kier molecular flexibility index (Phi) is 7.31. The molecule has 35 heavy (non-hydrogen) atoms. The molecule has 11 nitrogen and oxygen atoms in total. The number of halogens is 1. The smallest absolute Gasteiger partial charge is 0.291 e. The van der Waals surface area contributed by atoms with Crippen LogP contribution in [0.5, 0.6) is 0 Å². The van der Waals surface area contributed by atoms with Gasteiger partial charge in [-0.25, -0.2) is 4.39 Å². The SMILES string of the molecule is CCOC1CC(n2cc(NC(=O)c3ccc(-c4cn[nH]c4)o3)c(-c3cc(F)ccn3)n2)C1.O=CO. The van der Waals surface area contributed by atoms with E-state index in [0.29, 0.717) is 29.4 Å². The van der Waals surface area contributed by atoms with Gasteiger partial charge in [-0.3, -0.25) is 24.4 Å². The summed E-state index contributed by atoms with van der Waals surface area (Å²) in [6.45, 7) is 2.38. The molecule has 1 aliphatic rings. The van der Waals surface area contributed by atoms with Gasteiger partial charge >= 0.3 is 0 Å². The molecule has 1 amide bonds. The second-order valence-electron chi connectivity index (χ2n) is 7.64. The zero-order chi connectivity index (χ0) is 24.8. The highest BCUT2D eigenvalue weighted by molar-refractivity contribution is 6.04. The average molecular weight is 482 g/mol. The second-order valence-corrected chi connectivity index (χ2v) is 7.64. The summed E-state index contributed by atoms with van der Waals surface area (Å²) in [6.07, 6.45) is 8.24. The molecule has 4 heterocycles. The first-order valence-electron chi connectivity index (χ1n) is 10.8. The van der Waals surface area contributed by atoms with Crippen molar-refractivity contribution >= 4 is 18.1 Å². The van der Waals surface area contributed by atoms with Crippen LogP contribution in [0.2, 0.25) is 0 Å². The summed E-state index contributed by atoms with van der Waals surface area (Å²) in [5, 5.41) is 20.9. The summed E-state index contributed by atoms with van der Waals surface area (Å²) in [6, 6.07) is 5.97. The molecule has 3 N–H and O–H groups in total. The predicted molar refractivity (Wildman–Crippen MR) is 122 cm³/mol. The Morgan fingerprint density at radius 3 is 2.89 bits per heavy atom. The highest BCUT2D eigenvalue weighted by Gasteiger charge is 2.32. The largest absolute Gasteiger partial charge is 0.483 e. The summed E-state index contributed by atoms with van der Waals surface area (Å²) in [5.41, 5.74) is 1.88. The summed E-state index contributed by atoms with van der Waals surface area (Å²) in [7, 11) is 0. The highest BCUT2D eigenvalue weighted by atomic mass is 19.1. The molecule has 1 saturated carbocycles. The summed E-state index contributed by atoms with van der Waals surface area (Å²) >= 11 is 0. The zero-order valence-electron chi connectivity index (χ0n) is 18.7. The Labute approximate surface area is 198 Å². The molecule has 0 bridgehead atoms. The van der Waals surface area contributed by atoms with Crippen molar-refractivity contribution in [1.82, 2.24) is 25.0 Å². The molecule has 0 radical (unpaired) electrons. The summed E-state index contributed by atoms with van der Waals surface area (Å²) < 4.78 is 26.9. The molecular formula is C23H23FN6O5. The van der Waals surface area contributed by atoms with Gasteiger partial charge in [0.15, 0.2) is 5.76 Å². The fourth-order valence-corrected chi connectivity index (χ4v) is 3.70. The van der Waals surface area contributed by atoms with Crippen LogP contribution in [-0.4, -0.2) is 55.2 Å². The topological polar surface area (TPSA) is 148 Å². The highest BCUT2D eigenvalue weighted by Crippen LogP contribution is 2.37. The molecule has 4 aromatic rings. The van der Waals surface area contributed by atoms with Gasteiger partial charge in [-0.1, -0.05) is 0 Å². The van der Waals surface area contributed by atoms with E-state index in [0.717, 1.165) is 18.4 Å². The number of pyridine rings is 1. The number of nitrogens with one attached hydrogen (secondary N) is 2. The molecule has 182 valence electrons. The van der Waals surface area contributed by atoms with Gasteiger partial charge in [-0.2, -0.15) is 10.2 Å². The standard InChI is InChI=1S/C22H21FN6O3.CH2O2/c1-2-31-16-8-15(9-16)29-12-18(21(28-29)17-7-14(23)5-6-24-17)27-22(30)20-4-3-19(32-20)13-10-25-26-11-13;2-1-3/h3-7,10-12,15-16H,2,8-9H2,1H3,(H,25,26)(H,27,30);1H,(H,2,3). The Hall–Kier alpha value is -4.32. The summed E-state index contributed by atoms with van der Waals surface area (Å²) in [5.74, 6) is -0.231. The van der Waals surface area contributed by atoms with Crippen molar-refractivity contribution in [2.75, 3.05) is 11.9 Å². The van der Waals surface area contributed by atoms with Crippen LogP contribution in [0.1, 0.15) is 36.4 Å². The fourth-order valence-electron chi connectivity index (χ4n) is 3.70. The third kappa shape index (κ3) is 5.44. The van der Waals surface area contributed by atoms with Gasteiger partial charge in [-0.15, -0.1) is 0 Å². The number of H-pyrrole nitrogens is 1. The number of furan rings is 1. The van der Waals surface area contributed by atoms with E-state index in [2.05, 4.69) is 25.6 Å². The number of amides is 1. The molecular weight excluding hydrogens is 459 g/mol. The van der Waals surface area contributed by atoms with Crippen molar-refractivity contribution in [3.63, 3.8) is 0 Å². The van der Waals surface area contributed by atoms with E-state index in [1.165, 1.54) is 18.3 Å². The first kappa shape index (κ1) is 23.8. The van der Waals surface area contributed by atoms with Gasteiger partial charge in [0.1, 0.15) is 17.3 Å². The lowest BCUT2D eigenvalue weighted by atomic mass is 9.89. The third-order valence-electron chi connectivity index (χ3n) is 5.40. The van der Waals surface area contributed by atoms with Crippen LogP contribution in [0.4, 0.5) is 10.1 Å². The number of ether oxygens (including phenoxy) is 1. The van der Waals surface area contributed by atoms with Crippen LogP contribution in [0.3, 0.4) is 0 Å². The Bertz CT molecular complexity index is 1280. The Balaban J connectivity index is 0.000000917. The minimum atomic E-state index is -0.447. The van der Waals surface area contributed by atoms with Crippen molar-refractivity contribution in [3.8, 4) is 22.7 Å². The van der Waals surface area contributed by atoms with Gasteiger partial charge in [0.05, 0.1) is 35.3 Å². The van der Waals surface area contributed by atoms with E-state index in [1.807, 2.05) is 6.92 Å². The van der Waals surface area contributed by atoms with E-state index in [1.54, 1.807) is 35.4 Å². The molecule has 4 aromatic heterocycles. The van der Waals surface area contributed by atoms with E-state index < -0.39 is 11.7 Å². The number of rotatable bonds is 7. The molecule has 1 fully saturated rings. The van der Waals surface area contributed by atoms with E-state index in [-0.39, 0.29) is 24.4 Å². The van der Waals surface area contributed by atoms with Crippen LogP contribution in [0.25, 0.3) is 22.7 Å². The van der Waals surface area contributed by atoms with Crippen LogP contribution in [0.15, 0.2) is 53.5 Å². The number of carbonyl (C=O) groups excluding carboxylic acids is 1. The minimum absolute atomic E-state index is 0.132. The van der Waals surface area contributed by atoms with Crippen LogP contribution >= 0.6 is 0 Å². The third-order valence-corrected chi connectivity index (χ3v) is 5.40. The van der Waals surface area contributed by atoms with Crippen LogP contribution < -0.4 is 5.32 Å². The summed E-state index contributed by atoms with van der Waals surface area (Å²) in [4.78, 5) is 25.5. The maximum atomic E-state index is 13.8. The van der Waals surface area contributed by atoms with E-state index in [9.17, 15) is 9.18 Å². The maximum absolute atomic E-state index is 13.8. The molecule has 0 aromatic carbocycles. The number of carbonyl (C=O) groups is 2. The quantitative estimate of drug-likeness (QED) is 0.337. The predicted octanol–water partition coefficient (Wildman–Crippen LogP) is 3.76. The van der Waals surface area contributed by atoms with Crippen LogP contribution in [0, 0.1) is 5.82 Å². The molecule has 0 unspecified atom stereocenters. The molecule has 0 saturated heterocycles. The molecule has 0 spiro atoms. The number of anilines is 1.